The molecule has 2 fully saturated rings. The molecule has 0 radical (unpaired) electrons. The van der Waals surface area contributed by atoms with Crippen LogP contribution in [0.4, 0.5) is 4.39 Å². The van der Waals surface area contributed by atoms with Crippen LogP contribution in [0.25, 0.3) is 11.4 Å². The van der Waals surface area contributed by atoms with Gasteiger partial charge in [0.25, 0.3) is 0 Å². The fourth-order valence-electron chi connectivity index (χ4n) is 5.64. The maximum atomic E-state index is 13.8. The predicted molar refractivity (Wildman–Crippen MR) is 114 cm³/mol. The summed E-state index contributed by atoms with van der Waals surface area (Å²) in [7, 11) is 4.19. The summed E-state index contributed by atoms with van der Waals surface area (Å²) < 4.78 is 19.5. The Morgan fingerprint density at radius 1 is 1.07 bits per heavy atom. The van der Waals surface area contributed by atoms with Crippen LogP contribution in [0.15, 0.2) is 53.1 Å². The first kappa shape index (κ1) is 19.4. The van der Waals surface area contributed by atoms with Crippen molar-refractivity contribution in [2.24, 2.45) is 17.8 Å². The van der Waals surface area contributed by atoms with Crippen LogP contribution in [0.5, 0.6) is 0 Å². The predicted octanol–water partition coefficient (Wildman–Crippen LogP) is 5.62. The van der Waals surface area contributed by atoms with E-state index in [4.69, 9.17) is 9.51 Å². The molecule has 2 aliphatic carbocycles. The normalized spacial score (nSPS) is 26.4. The lowest BCUT2D eigenvalue weighted by Gasteiger charge is -2.35. The number of rotatable bonds is 5. The van der Waals surface area contributed by atoms with Crippen LogP contribution in [-0.4, -0.2) is 29.1 Å². The van der Waals surface area contributed by atoms with Crippen LogP contribution in [0.1, 0.15) is 48.2 Å². The zero-order chi connectivity index (χ0) is 20.8. The van der Waals surface area contributed by atoms with Crippen molar-refractivity contribution in [1.82, 2.24) is 15.0 Å². The lowest BCUT2D eigenvalue weighted by atomic mass is 9.80. The second-order valence-corrected chi connectivity index (χ2v) is 9.22. The number of aromatic nitrogens is 2. The van der Waals surface area contributed by atoms with Crippen molar-refractivity contribution in [3.05, 3.63) is 71.4 Å². The molecule has 0 spiro atoms. The Morgan fingerprint density at radius 2 is 1.90 bits per heavy atom. The molecule has 5 unspecified atom stereocenters. The Morgan fingerprint density at radius 3 is 2.67 bits per heavy atom. The Bertz CT molecular complexity index is 1050. The molecule has 2 saturated carbocycles. The van der Waals surface area contributed by atoms with E-state index in [-0.39, 0.29) is 11.9 Å². The number of fused-ring (bicyclic) bond motifs is 1. The van der Waals surface area contributed by atoms with Gasteiger partial charge in [-0.2, -0.15) is 4.98 Å². The van der Waals surface area contributed by atoms with E-state index in [1.807, 2.05) is 18.2 Å². The zero-order valence-electron chi connectivity index (χ0n) is 17.8. The van der Waals surface area contributed by atoms with Gasteiger partial charge in [-0.25, -0.2) is 4.39 Å². The maximum Gasteiger partial charge on any atom is 0.230 e. The quantitative estimate of drug-likeness (QED) is 0.553. The van der Waals surface area contributed by atoms with Gasteiger partial charge in [0.2, 0.25) is 11.7 Å². The molecule has 1 heterocycles. The van der Waals surface area contributed by atoms with Crippen LogP contribution in [0.2, 0.25) is 0 Å². The van der Waals surface area contributed by atoms with Crippen LogP contribution < -0.4 is 0 Å². The third-order valence-corrected chi connectivity index (χ3v) is 6.97. The van der Waals surface area contributed by atoms with E-state index in [9.17, 15) is 4.39 Å². The number of nitrogens with zero attached hydrogens (tertiary/aromatic N) is 3. The number of halogens is 1. The van der Waals surface area contributed by atoms with Gasteiger partial charge >= 0.3 is 0 Å². The molecule has 1 aromatic heterocycles. The molecule has 156 valence electrons. The molecule has 4 nitrogen and oxygen atoms in total. The number of benzene rings is 2. The van der Waals surface area contributed by atoms with E-state index in [0.29, 0.717) is 29.5 Å². The highest BCUT2D eigenvalue weighted by molar-refractivity contribution is 5.55. The van der Waals surface area contributed by atoms with Gasteiger partial charge in [-0.3, -0.25) is 0 Å². The lowest BCUT2D eigenvalue weighted by Crippen LogP contribution is -2.29. The van der Waals surface area contributed by atoms with Gasteiger partial charge in [0.05, 0.1) is 0 Å². The molecule has 0 amide bonds. The van der Waals surface area contributed by atoms with Crippen LogP contribution in [0.3, 0.4) is 0 Å². The van der Waals surface area contributed by atoms with Gasteiger partial charge in [0, 0.05) is 17.5 Å². The summed E-state index contributed by atoms with van der Waals surface area (Å²) in [5, 5.41) is 4.25. The average molecular weight is 406 g/mol. The van der Waals surface area contributed by atoms with E-state index >= 15 is 0 Å². The molecule has 0 saturated heterocycles. The number of aryl methyl sites for hydroxylation is 1. The van der Waals surface area contributed by atoms with Crippen LogP contribution in [-0.2, 0) is 0 Å². The molecule has 0 bridgehead atoms. The first-order valence-electron chi connectivity index (χ1n) is 10.8. The maximum absolute atomic E-state index is 13.8. The Hall–Kier alpha value is -2.53. The SMILES string of the molecule is Cc1cccc(-c2noc(C3C4CCC(C(c5cccc(F)c5)N(C)C)CC43)n2)c1. The molecule has 5 heteroatoms. The van der Waals surface area contributed by atoms with Crippen LogP contribution in [0, 0.1) is 30.5 Å². The van der Waals surface area contributed by atoms with Crippen molar-refractivity contribution in [2.75, 3.05) is 14.1 Å². The number of hydrogen-bond donors (Lipinski definition) is 0. The second kappa shape index (κ2) is 7.62. The fourth-order valence-corrected chi connectivity index (χ4v) is 5.64. The smallest absolute Gasteiger partial charge is 0.230 e. The van der Waals surface area contributed by atoms with E-state index in [0.717, 1.165) is 29.9 Å². The van der Waals surface area contributed by atoms with E-state index in [1.54, 1.807) is 6.07 Å². The Labute approximate surface area is 177 Å². The van der Waals surface area contributed by atoms with Gasteiger partial charge in [0.15, 0.2) is 0 Å². The molecule has 0 N–H and O–H groups in total. The number of hydrogen-bond acceptors (Lipinski definition) is 4. The van der Waals surface area contributed by atoms with Crippen molar-refractivity contribution >= 4 is 0 Å². The Kier molecular flexibility index (Phi) is 4.94. The summed E-state index contributed by atoms with van der Waals surface area (Å²) in [6.45, 7) is 2.07. The highest BCUT2D eigenvalue weighted by Crippen LogP contribution is 2.63. The van der Waals surface area contributed by atoms with Gasteiger partial charge < -0.3 is 9.42 Å². The highest BCUT2D eigenvalue weighted by atomic mass is 19.1. The summed E-state index contributed by atoms with van der Waals surface area (Å²) >= 11 is 0. The van der Waals surface area contributed by atoms with E-state index in [2.05, 4.69) is 49.3 Å². The third-order valence-electron chi connectivity index (χ3n) is 6.97. The van der Waals surface area contributed by atoms with Crippen molar-refractivity contribution < 1.29 is 8.91 Å². The minimum Gasteiger partial charge on any atom is -0.339 e. The minimum atomic E-state index is -0.160. The van der Waals surface area contributed by atoms with Gasteiger partial charge in [-0.05, 0) is 81.8 Å². The van der Waals surface area contributed by atoms with E-state index in [1.165, 1.54) is 18.1 Å². The molecule has 2 aromatic carbocycles. The highest BCUT2D eigenvalue weighted by Gasteiger charge is 2.57. The molecule has 0 aliphatic heterocycles. The molecular weight excluding hydrogens is 377 g/mol. The van der Waals surface area contributed by atoms with Crippen molar-refractivity contribution in [3.63, 3.8) is 0 Å². The molecule has 30 heavy (non-hydrogen) atoms. The molecular formula is C25H28FN3O. The molecule has 3 aromatic rings. The topological polar surface area (TPSA) is 42.2 Å². The van der Waals surface area contributed by atoms with Gasteiger partial charge in [-0.15, -0.1) is 0 Å². The summed E-state index contributed by atoms with van der Waals surface area (Å²) in [5.74, 6) is 3.41. The van der Waals surface area contributed by atoms with Crippen molar-refractivity contribution in [1.29, 1.82) is 0 Å². The van der Waals surface area contributed by atoms with Crippen LogP contribution >= 0.6 is 0 Å². The van der Waals surface area contributed by atoms with Gasteiger partial charge in [0.1, 0.15) is 5.82 Å². The van der Waals surface area contributed by atoms with Crippen molar-refractivity contribution in [3.8, 4) is 11.4 Å². The first-order valence-corrected chi connectivity index (χ1v) is 10.8. The minimum absolute atomic E-state index is 0.160. The summed E-state index contributed by atoms with van der Waals surface area (Å²) in [5.41, 5.74) is 3.26. The second-order valence-electron chi connectivity index (χ2n) is 9.22. The Balaban J connectivity index is 1.32. The summed E-state index contributed by atoms with van der Waals surface area (Å²) in [6.07, 6.45) is 3.44. The standard InChI is InChI=1S/C25H28FN3O/c1-15-6-4-8-18(12-15)24-27-25(30-28-24)22-20-11-10-17(14-21(20)22)23(29(2)3)16-7-5-9-19(26)13-16/h4-9,12-13,17,20-23H,10-11,14H2,1-3H3. The largest absolute Gasteiger partial charge is 0.339 e. The van der Waals surface area contributed by atoms with E-state index < -0.39 is 0 Å². The lowest BCUT2D eigenvalue weighted by molar-refractivity contribution is 0.166. The first-order chi connectivity index (χ1) is 14.5. The molecule has 5 atom stereocenters. The average Bonchev–Trinajstić information content (AvgIpc) is 3.21. The monoisotopic (exact) mass is 405 g/mol. The third kappa shape index (κ3) is 3.56. The summed E-state index contributed by atoms with van der Waals surface area (Å²) in [4.78, 5) is 6.98. The molecule has 2 aliphatic rings. The molecule has 5 rings (SSSR count). The van der Waals surface area contributed by atoms with Crippen molar-refractivity contribution in [2.45, 2.75) is 38.1 Å². The summed E-state index contributed by atoms with van der Waals surface area (Å²) in [6, 6.07) is 15.5. The fraction of sp³-hybridized carbons (Fsp3) is 0.440. The zero-order valence-corrected chi connectivity index (χ0v) is 17.8. The van der Waals surface area contributed by atoms with Gasteiger partial charge in [-0.1, -0.05) is 41.1 Å².